The first-order valence-electron chi connectivity index (χ1n) is 7.76. The first kappa shape index (κ1) is 14.0. The van der Waals surface area contributed by atoms with Crippen molar-refractivity contribution in [2.24, 2.45) is 0 Å². The average Bonchev–Trinajstić information content (AvgIpc) is 3.24. The summed E-state index contributed by atoms with van der Waals surface area (Å²) in [5.74, 6) is -0.907. The Bertz CT molecular complexity index is 879. The molecule has 0 spiro atoms. The van der Waals surface area contributed by atoms with Gasteiger partial charge in [0.2, 0.25) is 0 Å². The van der Waals surface area contributed by atoms with Crippen molar-refractivity contribution in [3.63, 3.8) is 0 Å². The van der Waals surface area contributed by atoms with Crippen LogP contribution in [0.4, 0.5) is 0 Å². The Hall–Kier alpha value is -2.66. The van der Waals surface area contributed by atoms with Gasteiger partial charge in [-0.2, -0.15) is 0 Å². The molecule has 1 aliphatic rings. The van der Waals surface area contributed by atoms with Crippen LogP contribution in [0.3, 0.4) is 0 Å². The smallest absolute Gasteiger partial charge is 0.336 e. The fourth-order valence-electron chi connectivity index (χ4n) is 3.32. The molecule has 1 fully saturated rings. The Morgan fingerprint density at radius 3 is 3.00 bits per heavy atom. The van der Waals surface area contributed by atoms with Crippen molar-refractivity contribution in [3.8, 4) is 5.69 Å². The number of pyridine rings is 1. The predicted molar refractivity (Wildman–Crippen MR) is 88.0 cm³/mol. The zero-order valence-electron chi connectivity index (χ0n) is 12.6. The molecule has 5 heteroatoms. The molecule has 0 bridgehead atoms. The molecule has 2 aromatic heterocycles. The second-order valence-corrected chi connectivity index (χ2v) is 5.85. The van der Waals surface area contributed by atoms with E-state index in [-0.39, 0.29) is 0 Å². The molecule has 1 atom stereocenters. The van der Waals surface area contributed by atoms with Crippen LogP contribution in [0, 0.1) is 0 Å². The summed E-state index contributed by atoms with van der Waals surface area (Å²) < 4.78 is 1.99. The highest BCUT2D eigenvalue weighted by Gasteiger charge is 2.17. The average molecular weight is 307 g/mol. The quantitative estimate of drug-likeness (QED) is 0.780. The monoisotopic (exact) mass is 307 g/mol. The summed E-state index contributed by atoms with van der Waals surface area (Å²) in [6.45, 7) is 1.04. The van der Waals surface area contributed by atoms with Gasteiger partial charge in [-0.25, -0.2) is 4.79 Å². The van der Waals surface area contributed by atoms with Crippen molar-refractivity contribution >= 4 is 16.9 Å². The molecule has 4 rings (SSSR count). The third-order valence-corrected chi connectivity index (χ3v) is 4.45. The second kappa shape index (κ2) is 5.52. The first-order chi connectivity index (χ1) is 11.2. The maximum Gasteiger partial charge on any atom is 0.336 e. The molecule has 1 aromatic carbocycles. The van der Waals surface area contributed by atoms with E-state index in [9.17, 15) is 9.90 Å². The predicted octanol–water partition coefficient (Wildman–Crippen LogP) is 3.15. The maximum atomic E-state index is 11.4. The number of nitrogens with one attached hydrogen (secondary N) is 1. The van der Waals surface area contributed by atoms with E-state index in [4.69, 9.17) is 0 Å². The van der Waals surface area contributed by atoms with E-state index in [1.807, 2.05) is 35.3 Å². The fourth-order valence-corrected chi connectivity index (χ4v) is 3.32. The Morgan fingerprint density at radius 2 is 2.22 bits per heavy atom. The van der Waals surface area contributed by atoms with Crippen LogP contribution < -0.4 is 5.32 Å². The number of aromatic nitrogens is 2. The highest BCUT2D eigenvalue weighted by atomic mass is 16.4. The van der Waals surface area contributed by atoms with E-state index in [1.165, 1.54) is 12.0 Å². The van der Waals surface area contributed by atoms with E-state index >= 15 is 0 Å². The van der Waals surface area contributed by atoms with Crippen molar-refractivity contribution in [3.05, 3.63) is 60.0 Å². The van der Waals surface area contributed by atoms with Crippen molar-refractivity contribution in [1.29, 1.82) is 0 Å². The molecule has 0 amide bonds. The SMILES string of the molecule is O=C(O)c1cccc2c1ccn2-c1cncc([C@@H]2CCCN2)c1. The number of benzene rings is 1. The fraction of sp³-hybridized carbons (Fsp3) is 0.222. The van der Waals surface area contributed by atoms with Gasteiger partial charge in [-0.15, -0.1) is 0 Å². The van der Waals surface area contributed by atoms with E-state index in [1.54, 1.807) is 12.1 Å². The highest BCUT2D eigenvalue weighted by molar-refractivity contribution is 6.03. The van der Waals surface area contributed by atoms with Crippen LogP contribution in [-0.4, -0.2) is 27.2 Å². The molecule has 0 unspecified atom stereocenters. The number of nitrogens with zero attached hydrogens (tertiary/aromatic N) is 2. The lowest BCUT2D eigenvalue weighted by Gasteiger charge is -2.12. The number of carboxylic acid groups (broad SMARTS) is 1. The number of aromatic carboxylic acids is 1. The number of rotatable bonds is 3. The lowest BCUT2D eigenvalue weighted by molar-refractivity contribution is 0.0699. The van der Waals surface area contributed by atoms with Gasteiger partial charge in [-0.05, 0) is 49.2 Å². The van der Waals surface area contributed by atoms with Crippen LogP contribution in [0.25, 0.3) is 16.6 Å². The van der Waals surface area contributed by atoms with Gasteiger partial charge in [0.1, 0.15) is 0 Å². The number of hydrogen-bond donors (Lipinski definition) is 2. The molecular weight excluding hydrogens is 290 g/mol. The van der Waals surface area contributed by atoms with Crippen LogP contribution in [0.1, 0.15) is 34.8 Å². The Balaban J connectivity index is 1.82. The van der Waals surface area contributed by atoms with E-state index < -0.39 is 5.97 Å². The summed E-state index contributed by atoms with van der Waals surface area (Å²) in [5, 5.41) is 13.5. The number of fused-ring (bicyclic) bond motifs is 1. The van der Waals surface area contributed by atoms with Crippen molar-refractivity contribution in [2.45, 2.75) is 18.9 Å². The minimum atomic E-state index is -0.907. The molecule has 23 heavy (non-hydrogen) atoms. The van der Waals surface area contributed by atoms with Crippen LogP contribution >= 0.6 is 0 Å². The molecule has 2 N–H and O–H groups in total. The topological polar surface area (TPSA) is 67.1 Å². The van der Waals surface area contributed by atoms with Gasteiger partial charge in [-0.3, -0.25) is 4.98 Å². The number of carboxylic acids is 1. The van der Waals surface area contributed by atoms with Gasteiger partial charge in [0.05, 0.1) is 23.0 Å². The minimum absolute atomic E-state index is 0.322. The summed E-state index contributed by atoms with van der Waals surface area (Å²) in [6.07, 6.45) is 7.93. The van der Waals surface area contributed by atoms with Crippen LogP contribution in [0.15, 0.2) is 48.9 Å². The summed E-state index contributed by atoms with van der Waals surface area (Å²) >= 11 is 0. The summed E-state index contributed by atoms with van der Waals surface area (Å²) in [7, 11) is 0. The lowest BCUT2D eigenvalue weighted by atomic mass is 10.1. The third kappa shape index (κ3) is 2.39. The van der Waals surface area contributed by atoms with Crippen molar-refractivity contribution < 1.29 is 9.90 Å². The molecule has 0 saturated carbocycles. The van der Waals surface area contributed by atoms with Crippen molar-refractivity contribution in [2.75, 3.05) is 6.54 Å². The zero-order valence-corrected chi connectivity index (χ0v) is 12.6. The highest BCUT2D eigenvalue weighted by Crippen LogP contribution is 2.27. The van der Waals surface area contributed by atoms with E-state index in [0.717, 1.165) is 29.6 Å². The largest absolute Gasteiger partial charge is 0.478 e. The molecule has 0 radical (unpaired) electrons. The van der Waals surface area contributed by atoms with E-state index in [0.29, 0.717) is 11.6 Å². The van der Waals surface area contributed by atoms with Gasteiger partial charge in [0.15, 0.2) is 0 Å². The maximum absolute atomic E-state index is 11.4. The normalized spacial score (nSPS) is 17.7. The molecule has 5 nitrogen and oxygen atoms in total. The molecule has 0 aliphatic carbocycles. The Kier molecular flexibility index (Phi) is 3.35. The summed E-state index contributed by atoms with van der Waals surface area (Å²) in [5.41, 5.74) is 3.33. The molecule has 3 aromatic rings. The molecule has 1 saturated heterocycles. The molecule has 3 heterocycles. The van der Waals surface area contributed by atoms with Gasteiger partial charge in [0, 0.05) is 23.8 Å². The van der Waals surface area contributed by atoms with Crippen LogP contribution in [-0.2, 0) is 0 Å². The van der Waals surface area contributed by atoms with Crippen molar-refractivity contribution in [1.82, 2.24) is 14.9 Å². The third-order valence-electron chi connectivity index (χ3n) is 4.45. The van der Waals surface area contributed by atoms with Crippen LogP contribution in [0.5, 0.6) is 0 Å². The first-order valence-corrected chi connectivity index (χ1v) is 7.76. The lowest BCUT2D eigenvalue weighted by Crippen LogP contribution is -2.13. The van der Waals surface area contributed by atoms with E-state index in [2.05, 4.69) is 16.4 Å². The van der Waals surface area contributed by atoms with Gasteiger partial charge in [-0.1, -0.05) is 6.07 Å². The molecule has 116 valence electrons. The molecule has 1 aliphatic heterocycles. The van der Waals surface area contributed by atoms with Crippen LogP contribution in [0.2, 0.25) is 0 Å². The van der Waals surface area contributed by atoms with Gasteiger partial charge < -0.3 is 15.0 Å². The van der Waals surface area contributed by atoms with Gasteiger partial charge >= 0.3 is 5.97 Å². The zero-order chi connectivity index (χ0) is 15.8. The summed E-state index contributed by atoms with van der Waals surface area (Å²) in [6, 6.07) is 9.67. The second-order valence-electron chi connectivity index (χ2n) is 5.85. The standard InChI is InChI=1S/C18H17N3O2/c22-18(23)15-3-1-5-17-14(15)6-8-21(17)13-9-12(10-19-11-13)16-4-2-7-20-16/h1,3,5-6,8-11,16,20H,2,4,7H2,(H,22,23)/t16-/m0/s1. The Morgan fingerprint density at radius 1 is 1.30 bits per heavy atom. The summed E-state index contributed by atoms with van der Waals surface area (Å²) in [4.78, 5) is 15.7. The minimum Gasteiger partial charge on any atom is -0.478 e. The molecular formula is C18H17N3O2. The van der Waals surface area contributed by atoms with Gasteiger partial charge in [0.25, 0.3) is 0 Å². The number of hydrogen-bond acceptors (Lipinski definition) is 3. The number of carbonyl (C=O) groups is 1. The Labute approximate surface area is 133 Å².